The third-order valence-electron chi connectivity index (χ3n) is 3.09. The van der Waals surface area contributed by atoms with Crippen molar-refractivity contribution in [1.82, 2.24) is 30.0 Å². The molecule has 0 saturated heterocycles. The second kappa shape index (κ2) is 5.54. The lowest BCUT2D eigenvalue weighted by Gasteiger charge is -1.98. The van der Waals surface area contributed by atoms with Crippen molar-refractivity contribution in [1.29, 1.82) is 0 Å². The predicted molar refractivity (Wildman–Crippen MR) is 87.0 cm³/mol. The lowest BCUT2D eigenvalue weighted by atomic mass is 10.4. The molecule has 1 N–H and O–H groups in total. The maximum absolute atomic E-state index is 4.58. The molecule has 0 unspecified atom stereocenters. The van der Waals surface area contributed by atoms with Gasteiger partial charge in [0.15, 0.2) is 10.8 Å². The summed E-state index contributed by atoms with van der Waals surface area (Å²) in [7, 11) is 0. The van der Waals surface area contributed by atoms with Crippen molar-refractivity contribution < 1.29 is 0 Å². The lowest BCUT2D eigenvalue weighted by Crippen LogP contribution is -1.94. The molecule has 0 radical (unpaired) electrons. The van der Waals surface area contributed by atoms with E-state index in [2.05, 4.69) is 37.6 Å². The van der Waals surface area contributed by atoms with Crippen molar-refractivity contribution in [3.05, 3.63) is 47.9 Å². The Morgan fingerprint density at radius 2 is 2.09 bits per heavy atom. The van der Waals surface area contributed by atoms with Crippen LogP contribution >= 0.6 is 23.1 Å². The maximum atomic E-state index is 4.58. The molecule has 3 heterocycles. The van der Waals surface area contributed by atoms with Gasteiger partial charge in [0.25, 0.3) is 0 Å². The fourth-order valence-corrected chi connectivity index (χ4v) is 3.69. The highest BCUT2D eigenvalue weighted by molar-refractivity contribution is 7.98. The molecule has 0 aliphatic rings. The van der Waals surface area contributed by atoms with E-state index in [0.29, 0.717) is 0 Å². The second-order valence-electron chi connectivity index (χ2n) is 4.76. The number of hydrogen-bond acceptors (Lipinski definition) is 6. The van der Waals surface area contributed by atoms with Crippen LogP contribution < -0.4 is 0 Å². The monoisotopic (exact) mass is 328 g/mol. The molecule has 0 amide bonds. The van der Waals surface area contributed by atoms with Gasteiger partial charge in [-0.05, 0) is 25.1 Å². The number of aromatic nitrogens is 6. The first-order valence-corrected chi connectivity index (χ1v) is 8.51. The summed E-state index contributed by atoms with van der Waals surface area (Å²) in [6, 6.07) is 12.2. The summed E-state index contributed by atoms with van der Waals surface area (Å²) < 4.78 is 1.81. The molecule has 0 saturated carbocycles. The van der Waals surface area contributed by atoms with Crippen molar-refractivity contribution in [3.8, 4) is 10.7 Å². The fraction of sp³-hybridized carbons (Fsp3) is 0.143. The van der Waals surface area contributed by atoms with Crippen molar-refractivity contribution in [2.24, 2.45) is 0 Å². The molecule has 0 fully saturated rings. The first-order chi connectivity index (χ1) is 10.8. The van der Waals surface area contributed by atoms with Crippen LogP contribution in [0.25, 0.3) is 15.7 Å². The van der Waals surface area contributed by atoms with E-state index in [1.165, 1.54) is 16.2 Å². The Labute approximate surface area is 134 Å². The van der Waals surface area contributed by atoms with Gasteiger partial charge in [-0.15, -0.1) is 22.0 Å². The third-order valence-corrected chi connectivity index (χ3v) is 5.02. The molecule has 1 aromatic carbocycles. The van der Waals surface area contributed by atoms with Gasteiger partial charge in [0.2, 0.25) is 4.96 Å². The number of H-pyrrole nitrogens is 1. The van der Waals surface area contributed by atoms with Gasteiger partial charge >= 0.3 is 0 Å². The maximum Gasteiger partial charge on any atom is 0.235 e. The quantitative estimate of drug-likeness (QED) is 0.583. The average Bonchev–Trinajstić information content (AvgIpc) is 3.21. The number of nitrogens with one attached hydrogen (secondary N) is 1. The number of nitrogens with zero attached hydrogens (tertiary/aromatic N) is 5. The third kappa shape index (κ3) is 2.51. The first kappa shape index (κ1) is 13.5. The molecule has 0 aliphatic heterocycles. The zero-order valence-corrected chi connectivity index (χ0v) is 13.4. The highest BCUT2D eigenvalue weighted by atomic mass is 32.2. The Morgan fingerprint density at radius 3 is 2.86 bits per heavy atom. The van der Waals surface area contributed by atoms with Gasteiger partial charge in [-0.2, -0.15) is 14.7 Å². The Balaban J connectivity index is 1.61. The lowest BCUT2D eigenvalue weighted by molar-refractivity contribution is 0.885. The highest BCUT2D eigenvalue weighted by Crippen LogP contribution is 2.26. The number of thioether (sulfide) groups is 1. The average molecular weight is 328 g/mol. The van der Waals surface area contributed by atoms with Crippen LogP contribution in [0.3, 0.4) is 0 Å². The predicted octanol–water partition coefficient (Wildman–Crippen LogP) is 3.18. The summed E-state index contributed by atoms with van der Waals surface area (Å²) in [6.07, 6.45) is 0. The largest absolute Gasteiger partial charge is 0.282 e. The molecule has 22 heavy (non-hydrogen) atoms. The number of fused-ring (bicyclic) bond motifs is 1. The van der Waals surface area contributed by atoms with Gasteiger partial charge in [0.1, 0.15) is 5.69 Å². The SMILES string of the molecule is Cc1cc(-c2nn3c(CSc4ccccc4)nnc3s2)n[nH]1. The van der Waals surface area contributed by atoms with Gasteiger partial charge in [-0.25, -0.2) is 0 Å². The summed E-state index contributed by atoms with van der Waals surface area (Å²) in [5.74, 6) is 1.58. The van der Waals surface area contributed by atoms with Crippen molar-refractivity contribution in [2.45, 2.75) is 17.6 Å². The topological polar surface area (TPSA) is 71.8 Å². The first-order valence-electron chi connectivity index (χ1n) is 6.71. The van der Waals surface area contributed by atoms with Gasteiger partial charge in [0, 0.05) is 10.6 Å². The molecule has 0 spiro atoms. The second-order valence-corrected chi connectivity index (χ2v) is 6.76. The molecular formula is C14H12N6S2. The highest BCUT2D eigenvalue weighted by Gasteiger charge is 2.14. The zero-order chi connectivity index (χ0) is 14.9. The van der Waals surface area contributed by atoms with Gasteiger partial charge < -0.3 is 0 Å². The Hall–Kier alpha value is -2.19. The summed E-state index contributed by atoms with van der Waals surface area (Å²) in [6.45, 7) is 1.97. The van der Waals surface area contributed by atoms with Crippen molar-refractivity contribution in [3.63, 3.8) is 0 Å². The van der Waals surface area contributed by atoms with Gasteiger partial charge in [0.05, 0.1) is 5.75 Å². The van der Waals surface area contributed by atoms with Crippen LogP contribution in [0.15, 0.2) is 41.3 Å². The van der Waals surface area contributed by atoms with Crippen molar-refractivity contribution >= 4 is 28.1 Å². The number of aromatic amines is 1. The van der Waals surface area contributed by atoms with E-state index in [4.69, 9.17) is 0 Å². The van der Waals surface area contributed by atoms with Gasteiger partial charge in [-0.3, -0.25) is 5.10 Å². The van der Waals surface area contributed by atoms with E-state index in [-0.39, 0.29) is 0 Å². The number of rotatable bonds is 4. The Morgan fingerprint density at radius 1 is 1.23 bits per heavy atom. The minimum Gasteiger partial charge on any atom is -0.282 e. The van der Waals surface area contributed by atoms with Crippen LogP contribution in [0.4, 0.5) is 0 Å². The van der Waals surface area contributed by atoms with E-state index >= 15 is 0 Å². The standard InChI is InChI=1S/C14H12N6S2/c1-9-7-11(16-15-9)13-19-20-12(17-18-14(20)22-13)8-21-10-5-3-2-4-6-10/h2-7H,8H2,1H3,(H,15,16). The van der Waals surface area contributed by atoms with Gasteiger partial charge in [-0.1, -0.05) is 29.5 Å². The molecular weight excluding hydrogens is 316 g/mol. The molecule has 0 aliphatic carbocycles. The Bertz CT molecular complexity index is 908. The summed E-state index contributed by atoms with van der Waals surface area (Å²) in [5, 5.41) is 21.0. The number of aryl methyl sites for hydroxylation is 1. The molecule has 0 atom stereocenters. The van der Waals surface area contributed by atoms with Crippen LogP contribution in [-0.4, -0.2) is 30.0 Å². The number of benzene rings is 1. The van der Waals surface area contributed by atoms with Crippen LogP contribution in [0, 0.1) is 6.92 Å². The Kier molecular flexibility index (Phi) is 3.39. The number of hydrogen-bond donors (Lipinski definition) is 1. The van der Waals surface area contributed by atoms with Crippen LogP contribution in [-0.2, 0) is 5.75 Å². The van der Waals surface area contributed by atoms with Crippen LogP contribution in [0.2, 0.25) is 0 Å². The van der Waals surface area contributed by atoms with E-state index in [0.717, 1.165) is 32.9 Å². The molecule has 4 rings (SSSR count). The van der Waals surface area contributed by atoms with Crippen molar-refractivity contribution in [2.75, 3.05) is 0 Å². The van der Waals surface area contributed by atoms with Crippen LogP contribution in [0.1, 0.15) is 11.5 Å². The fourth-order valence-electron chi connectivity index (χ4n) is 2.04. The molecule has 8 heteroatoms. The molecule has 4 aromatic rings. The van der Waals surface area contributed by atoms with E-state index in [1.54, 1.807) is 16.3 Å². The summed E-state index contributed by atoms with van der Waals surface area (Å²) in [5.41, 5.74) is 1.86. The molecule has 110 valence electrons. The van der Waals surface area contributed by atoms with E-state index in [1.807, 2.05) is 31.2 Å². The molecule has 6 nitrogen and oxygen atoms in total. The summed E-state index contributed by atoms with van der Waals surface area (Å²) >= 11 is 3.21. The normalized spacial score (nSPS) is 11.3. The smallest absolute Gasteiger partial charge is 0.235 e. The van der Waals surface area contributed by atoms with Crippen LogP contribution in [0.5, 0.6) is 0 Å². The molecule has 0 bridgehead atoms. The van der Waals surface area contributed by atoms with E-state index in [9.17, 15) is 0 Å². The zero-order valence-electron chi connectivity index (χ0n) is 11.7. The molecule has 3 aromatic heterocycles. The minimum atomic E-state index is 0.730. The summed E-state index contributed by atoms with van der Waals surface area (Å²) in [4.78, 5) is 2.00. The minimum absolute atomic E-state index is 0.730. The van der Waals surface area contributed by atoms with E-state index < -0.39 is 0 Å².